The summed E-state index contributed by atoms with van der Waals surface area (Å²) in [4.78, 5) is 0. The van der Waals surface area contributed by atoms with Crippen molar-refractivity contribution in [1.82, 2.24) is 5.32 Å². The molecule has 1 atom stereocenters. The Balaban J connectivity index is 1.85. The summed E-state index contributed by atoms with van der Waals surface area (Å²) >= 11 is 0. The predicted octanol–water partition coefficient (Wildman–Crippen LogP) is 3.81. The van der Waals surface area contributed by atoms with E-state index in [9.17, 15) is 0 Å². The Morgan fingerprint density at radius 3 is 2.79 bits per heavy atom. The summed E-state index contributed by atoms with van der Waals surface area (Å²) in [7, 11) is 0. The molecular weight excluding hydrogens is 230 g/mol. The van der Waals surface area contributed by atoms with Crippen LogP contribution in [-0.2, 0) is 6.42 Å². The van der Waals surface area contributed by atoms with Crippen LogP contribution in [-0.4, -0.2) is 13.1 Å². The maximum absolute atomic E-state index is 3.45. The molecule has 1 unspecified atom stereocenters. The van der Waals surface area contributed by atoms with Crippen LogP contribution < -0.4 is 5.32 Å². The van der Waals surface area contributed by atoms with Crippen molar-refractivity contribution >= 4 is 0 Å². The minimum Gasteiger partial charge on any atom is -0.316 e. The maximum atomic E-state index is 3.45. The molecule has 0 saturated carbocycles. The van der Waals surface area contributed by atoms with Crippen molar-refractivity contribution in [1.29, 1.82) is 0 Å². The van der Waals surface area contributed by atoms with Gasteiger partial charge in [0.15, 0.2) is 0 Å². The lowest BCUT2D eigenvalue weighted by Gasteiger charge is -2.11. The van der Waals surface area contributed by atoms with Gasteiger partial charge in [0.2, 0.25) is 0 Å². The van der Waals surface area contributed by atoms with Gasteiger partial charge >= 0.3 is 0 Å². The van der Waals surface area contributed by atoms with E-state index in [1.165, 1.54) is 48.2 Å². The molecule has 0 radical (unpaired) electrons. The molecule has 1 heteroatoms. The van der Waals surface area contributed by atoms with Gasteiger partial charge in [-0.15, -0.1) is 0 Å². The highest BCUT2D eigenvalue weighted by Gasteiger charge is 2.15. The van der Waals surface area contributed by atoms with Crippen LogP contribution in [0.4, 0.5) is 0 Å². The highest BCUT2D eigenvalue weighted by molar-refractivity contribution is 5.67. The summed E-state index contributed by atoms with van der Waals surface area (Å²) in [6, 6.07) is 17.7. The predicted molar refractivity (Wildman–Crippen MR) is 81.3 cm³/mol. The monoisotopic (exact) mass is 251 g/mol. The average Bonchev–Trinajstić information content (AvgIpc) is 2.92. The van der Waals surface area contributed by atoms with Crippen LogP contribution in [0.2, 0.25) is 0 Å². The van der Waals surface area contributed by atoms with Crippen molar-refractivity contribution in [2.75, 3.05) is 13.1 Å². The van der Waals surface area contributed by atoms with E-state index in [1.807, 2.05) is 0 Å². The summed E-state index contributed by atoms with van der Waals surface area (Å²) in [6.45, 7) is 4.54. The zero-order valence-corrected chi connectivity index (χ0v) is 11.5. The van der Waals surface area contributed by atoms with Crippen LogP contribution in [0.15, 0.2) is 48.5 Å². The summed E-state index contributed by atoms with van der Waals surface area (Å²) < 4.78 is 0. The third-order valence-electron chi connectivity index (χ3n) is 4.07. The van der Waals surface area contributed by atoms with Crippen molar-refractivity contribution < 1.29 is 0 Å². The van der Waals surface area contributed by atoms with Crippen molar-refractivity contribution in [3.05, 3.63) is 59.7 Å². The SMILES string of the molecule is Cc1ccccc1-c1cccc(CC2CCNC2)c1. The first-order valence-corrected chi connectivity index (χ1v) is 7.18. The average molecular weight is 251 g/mol. The second-order valence-electron chi connectivity index (χ2n) is 5.58. The van der Waals surface area contributed by atoms with Crippen molar-refractivity contribution in [2.24, 2.45) is 5.92 Å². The molecule has 0 amide bonds. The molecule has 0 bridgehead atoms. The van der Waals surface area contributed by atoms with Crippen LogP contribution >= 0.6 is 0 Å². The minimum atomic E-state index is 0.812. The van der Waals surface area contributed by atoms with Gasteiger partial charge in [0.05, 0.1) is 0 Å². The van der Waals surface area contributed by atoms with Crippen LogP contribution in [0.5, 0.6) is 0 Å². The van der Waals surface area contributed by atoms with Gasteiger partial charge in [0.1, 0.15) is 0 Å². The largest absolute Gasteiger partial charge is 0.316 e. The second kappa shape index (κ2) is 5.58. The van der Waals surface area contributed by atoms with Gasteiger partial charge in [-0.25, -0.2) is 0 Å². The topological polar surface area (TPSA) is 12.0 Å². The highest BCUT2D eigenvalue weighted by Crippen LogP contribution is 2.25. The molecule has 1 nitrogen and oxygen atoms in total. The Morgan fingerprint density at radius 1 is 1.11 bits per heavy atom. The molecule has 3 rings (SSSR count). The number of hydrogen-bond donors (Lipinski definition) is 1. The lowest BCUT2D eigenvalue weighted by Crippen LogP contribution is -2.10. The summed E-state index contributed by atoms with van der Waals surface area (Å²) in [5, 5.41) is 3.45. The van der Waals surface area contributed by atoms with E-state index in [2.05, 4.69) is 60.8 Å². The van der Waals surface area contributed by atoms with Crippen molar-refractivity contribution in [3.63, 3.8) is 0 Å². The summed E-state index contributed by atoms with van der Waals surface area (Å²) in [5.74, 6) is 0.812. The fourth-order valence-electron chi connectivity index (χ4n) is 2.98. The third-order valence-corrected chi connectivity index (χ3v) is 4.07. The van der Waals surface area contributed by atoms with E-state index in [0.29, 0.717) is 0 Å². The molecule has 98 valence electrons. The number of benzene rings is 2. The van der Waals surface area contributed by atoms with E-state index in [4.69, 9.17) is 0 Å². The fourth-order valence-corrected chi connectivity index (χ4v) is 2.98. The zero-order chi connectivity index (χ0) is 13.1. The molecule has 2 aromatic carbocycles. The molecule has 0 aliphatic carbocycles. The van der Waals surface area contributed by atoms with E-state index >= 15 is 0 Å². The molecule has 1 fully saturated rings. The molecule has 0 aromatic heterocycles. The van der Waals surface area contributed by atoms with Crippen LogP contribution in [0.25, 0.3) is 11.1 Å². The minimum absolute atomic E-state index is 0.812. The highest BCUT2D eigenvalue weighted by atomic mass is 14.9. The van der Waals surface area contributed by atoms with Gasteiger partial charge < -0.3 is 5.32 Å². The molecule has 1 aliphatic heterocycles. The Hall–Kier alpha value is -1.60. The number of rotatable bonds is 3. The molecular formula is C18H21N. The van der Waals surface area contributed by atoms with Gasteiger partial charge in [-0.1, -0.05) is 48.5 Å². The molecule has 0 spiro atoms. The van der Waals surface area contributed by atoms with Crippen LogP contribution in [0.1, 0.15) is 17.5 Å². The van der Waals surface area contributed by atoms with E-state index in [0.717, 1.165) is 5.92 Å². The Bertz CT molecular complexity index is 553. The second-order valence-corrected chi connectivity index (χ2v) is 5.58. The molecule has 1 saturated heterocycles. The first-order chi connectivity index (χ1) is 9.33. The van der Waals surface area contributed by atoms with Gasteiger partial charge in [0.25, 0.3) is 0 Å². The van der Waals surface area contributed by atoms with E-state index in [1.54, 1.807) is 0 Å². The molecule has 1 N–H and O–H groups in total. The number of nitrogens with one attached hydrogen (secondary N) is 1. The summed E-state index contributed by atoms with van der Waals surface area (Å²) in [6.07, 6.45) is 2.52. The normalized spacial score (nSPS) is 18.7. The van der Waals surface area contributed by atoms with Crippen LogP contribution in [0, 0.1) is 12.8 Å². The van der Waals surface area contributed by atoms with Crippen molar-refractivity contribution in [3.8, 4) is 11.1 Å². The molecule has 19 heavy (non-hydrogen) atoms. The third kappa shape index (κ3) is 2.87. The lowest BCUT2D eigenvalue weighted by atomic mass is 9.94. The lowest BCUT2D eigenvalue weighted by molar-refractivity contribution is 0.580. The number of aryl methyl sites for hydroxylation is 1. The fraction of sp³-hybridized carbons (Fsp3) is 0.333. The maximum Gasteiger partial charge on any atom is -0.00169 e. The van der Waals surface area contributed by atoms with Gasteiger partial charge in [-0.2, -0.15) is 0 Å². The number of hydrogen-bond acceptors (Lipinski definition) is 1. The first-order valence-electron chi connectivity index (χ1n) is 7.18. The van der Waals surface area contributed by atoms with Crippen LogP contribution in [0.3, 0.4) is 0 Å². The zero-order valence-electron chi connectivity index (χ0n) is 11.5. The van der Waals surface area contributed by atoms with E-state index < -0.39 is 0 Å². The van der Waals surface area contributed by atoms with Gasteiger partial charge in [-0.05, 0) is 61.0 Å². The Kier molecular flexibility index (Phi) is 3.65. The van der Waals surface area contributed by atoms with Gasteiger partial charge in [0, 0.05) is 0 Å². The summed E-state index contributed by atoms with van der Waals surface area (Å²) in [5.41, 5.74) is 5.52. The quantitative estimate of drug-likeness (QED) is 0.874. The molecule has 2 aromatic rings. The smallest absolute Gasteiger partial charge is 0.00169 e. The Morgan fingerprint density at radius 2 is 2.00 bits per heavy atom. The van der Waals surface area contributed by atoms with Gasteiger partial charge in [-0.3, -0.25) is 0 Å². The first kappa shape index (κ1) is 12.4. The molecule has 1 heterocycles. The molecule has 1 aliphatic rings. The van der Waals surface area contributed by atoms with Crippen molar-refractivity contribution in [2.45, 2.75) is 19.8 Å². The van der Waals surface area contributed by atoms with E-state index in [-0.39, 0.29) is 0 Å². The standard InChI is InChI=1S/C18H21N/c1-14-5-2-3-8-18(14)17-7-4-6-15(12-17)11-16-9-10-19-13-16/h2-8,12,16,19H,9-11,13H2,1H3. The Labute approximate surface area is 115 Å².